The Morgan fingerprint density at radius 1 is 1.17 bits per heavy atom. The van der Waals surface area contributed by atoms with E-state index in [9.17, 15) is 4.79 Å². The van der Waals surface area contributed by atoms with Gasteiger partial charge >= 0.3 is 6.03 Å². The molecule has 0 bridgehead atoms. The van der Waals surface area contributed by atoms with Crippen LogP contribution in [0.5, 0.6) is 5.75 Å². The molecule has 1 fully saturated rings. The van der Waals surface area contributed by atoms with Crippen LogP contribution in [0, 0.1) is 0 Å². The Kier molecular flexibility index (Phi) is 4.44. The lowest BCUT2D eigenvalue weighted by Gasteiger charge is -2.43. The van der Waals surface area contributed by atoms with Crippen LogP contribution < -0.4 is 15.4 Å². The van der Waals surface area contributed by atoms with Crippen LogP contribution in [0.25, 0.3) is 0 Å². The number of anilines is 1. The van der Waals surface area contributed by atoms with Gasteiger partial charge in [-0.1, -0.05) is 41.9 Å². The molecule has 1 aliphatic rings. The van der Waals surface area contributed by atoms with E-state index in [4.69, 9.17) is 16.3 Å². The summed E-state index contributed by atoms with van der Waals surface area (Å²) in [6.45, 7) is 0. The Morgan fingerprint density at radius 3 is 2.52 bits per heavy atom. The summed E-state index contributed by atoms with van der Waals surface area (Å²) in [6.07, 6.45) is 2.99. The van der Waals surface area contributed by atoms with Crippen molar-refractivity contribution in [2.75, 3.05) is 12.4 Å². The van der Waals surface area contributed by atoms with Gasteiger partial charge in [0.05, 0.1) is 18.3 Å². The average molecular weight is 331 g/mol. The van der Waals surface area contributed by atoms with E-state index in [2.05, 4.69) is 22.8 Å². The molecule has 0 heterocycles. The standard InChI is InChI=1S/C18H19ClN2O2/c1-23-16-9-8-14(19)12-15(16)20-17(22)21-18(10-5-11-18)13-6-3-2-4-7-13/h2-4,6-9,12H,5,10-11H2,1H3,(H2,20,21,22). The zero-order chi connectivity index (χ0) is 16.3. The number of halogens is 1. The second kappa shape index (κ2) is 6.50. The third kappa shape index (κ3) is 3.27. The minimum Gasteiger partial charge on any atom is -0.495 e. The molecule has 0 spiro atoms. The highest BCUT2D eigenvalue weighted by molar-refractivity contribution is 6.31. The maximum absolute atomic E-state index is 12.5. The summed E-state index contributed by atoms with van der Waals surface area (Å²) in [6, 6.07) is 15.0. The number of urea groups is 1. The second-order valence-electron chi connectivity index (χ2n) is 5.73. The Morgan fingerprint density at radius 2 is 1.91 bits per heavy atom. The first-order valence-corrected chi connectivity index (χ1v) is 7.99. The second-order valence-corrected chi connectivity index (χ2v) is 6.16. The van der Waals surface area contributed by atoms with Crippen LogP contribution in [0.2, 0.25) is 5.02 Å². The number of methoxy groups -OCH3 is 1. The monoisotopic (exact) mass is 330 g/mol. The number of hydrogen-bond acceptors (Lipinski definition) is 2. The zero-order valence-electron chi connectivity index (χ0n) is 12.9. The molecule has 0 aliphatic heterocycles. The molecule has 2 aromatic carbocycles. The number of benzene rings is 2. The number of rotatable bonds is 4. The van der Waals surface area contributed by atoms with Gasteiger partial charge < -0.3 is 15.4 Å². The van der Waals surface area contributed by atoms with Gasteiger partial charge in [-0.2, -0.15) is 0 Å². The maximum atomic E-state index is 12.5. The normalized spacial score (nSPS) is 15.4. The van der Waals surface area contributed by atoms with Crippen molar-refractivity contribution in [1.82, 2.24) is 5.32 Å². The third-order valence-electron chi connectivity index (χ3n) is 4.30. The molecule has 120 valence electrons. The summed E-state index contributed by atoms with van der Waals surface area (Å²) >= 11 is 6.00. The fraction of sp³-hybridized carbons (Fsp3) is 0.278. The Balaban J connectivity index is 1.76. The number of carbonyl (C=O) groups is 1. The van der Waals surface area contributed by atoms with E-state index in [0.717, 1.165) is 24.8 Å². The van der Waals surface area contributed by atoms with Crippen LogP contribution in [0.15, 0.2) is 48.5 Å². The molecule has 0 aromatic heterocycles. The van der Waals surface area contributed by atoms with Gasteiger partial charge in [0.2, 0.25) is 0 Å². The molecule has 2 aromatic rings. The minimum absolute atomic E-state index is 0.255. The van der Waals surface area contributed by atoms with E-state index in [-0.39, 0.29) is 11.6 Å². The zero-order valence-corrected chi connectivity index (χ0v) is 13.7. The lowest BCUT2D eigenvalue weighted by Crippen LogP contribution is -2.52. The van der Waals surface area contributed by atoms with Gasteiger partial charge in [0.15, 0.2) is 0 Å². The molecule has 1 aliphatic carbocycles. The van der Waals surface area contributed by atoms with Crippen LogP contribution in [0.3, 0.4) is 0 Å². The molecule has 2 N–H and O–H groups in total. The van der Waals surface area contributed by atoms with Crippen LogP contribution in [0.1, 0.15) is 24.8 Å². The van der Waals surface area contributed by atoms with E-state index in [0.29, 0.717) is 16.5 Å². The highest BCUT2D eigenvalue weighted by atomic mass is 35.5. The quantitative estimate of drug-likeness (QED) is 0.864. The van der Waals surface area contributed by atoms with Crippen LogP contribution in [-0.4, -0.2) is 13.1 Å². The predicted molar refractivity (Wildman–Crippen MR) is 92.1 cm³/mol. The molecular weight excluding hydrogens is 312 g/mol. The lowest BCUT2D eigenvalue weighted by molar-refractivity contribution is 0.185. The lowest BCUT2D eigenvalue weighted by atomic mass is 9.72. The molecule has 0 radical (unpaired) electrons. The van der Waals surface area contributed by atoms with Crippen LogP contribution >= 0.6 is 11.6 Å². The van der Waals surface area contributed by atoms with Gasteiger partial charge in [-0.15, -0.1) is 0 Å². The van der Waals surface area contributed by atoms with Gasteiger partial charge in [0.25, 0.3) is 0 Å². The van der Waals surface area contributed by atoms with Crippen molar-refractivity contribution >= 4 is 23.3 Å². The summed E-state index contributed by atoms with van der Waals surface area (Å²) in [7, 11) is 1.56. The van der Waals surface area contributed by atoms with E-state index in [1.165, 1.54) is 0 Å². The first kappa shape index (κ1) is 15.7. The third-order valence-corrected chi connectivity index (χ3v) is 4.53. The summed E-state index contributed by atoms with van der Waals surface area (Å²) in [4.78, 5) is 12.5. The topological polar surface area (TPSA) is 50.4 Å². The molecule has 23 heavy (non-hydrogen) atoms. The molecule has 2 amide bonds. The first-order chi connectivity index (χ1) is 11.1. The molecule has 0 unspecified atom stereocenters. The van der Waals surface area contributed by atoms with Crippen molar-refractivity contribution in [3.63, 3.8) is 0 Å². The van der Waals surface area contributed by atoms with Gasteiger partial charge in [-0.3, -0.25) is 0 Å². The molecule has 4 nitrogen and oxygen atoms in total. The first-order valence-electron chi connectivity index (χ1n) is 7.61. The van der Waals surface area contributed by atoms with Crippen molar-refractivity contribution in [3.05, 3.63) is 59.1 Å². The van der Waals surface area contributed by atoms with E-state index in [1.54, 1.807) is 25.3 Å². The van der Waals surface area contributed by atoms with Crippen molar-refractivity contribution in [3.8, 4) is 5.75 Å². The molecule has 3 rings (SSSR count). The van der Waals surface area contributed by atoms with Gasteiger partial charge in [0, 0.05) is 5.02 Å². The molecular formula is C18H19ClN2O2. The summed E-state index contributed by atoms with van der Waals surface area (Å²) < 4.78 is 5.26. The van der Waals surface area contributed by atoms with Crippen molar-refractivity contribution in [1.29, 1.82) is 0 Å². The Labute approximate surface area is 140 Å². The van der Waals surface area contributed by atoms with Gasteiger partial charge in [0.1, 0.15) is 5.75 Å². The summed E-state index contributed by atoms with van der Waals surface area (Å²) in [5.41, 5.74) is 1.41. The van der Waals surface area contributed by atoms with Gasteiger partial charge in [-0.05, 0) is 43.0 Å². The van der Waals surface area contributed by atoms with Gasteiger partial charge in [-0.25, -0.2) is 4.79 Å². The van der Waals surface area contributed by atoms with E-state index < -0.39 is 0 Å². The largest absolute Gasteiger partial charge is 0.495 e. The fourth-order valence-electron chi connectivity index (χ4n) is 2.92. The minimum atomic E-state index is -0.281. The van der Waals surface area contributed by atoms with Crippen molar-refractivity contribution < 1.29 is 9.53 Å². The number of amides is 2. The highest BCUT2D eigenvalue weighted by Crippen LogP contribution is 2.41. The molecule has 0 atom stereocenters. The number of carbonyl (C=O) groups excluding carboxylic acids is 1. The fourth-order valence-corrected chi connectivity index (χ4v) is 3.09. The molecule has 1 saturated carbocycles. The summed E-state index contributed by atoms with van der Waals surface area (Å²) in [5.74, 6) is 0.576. The number of ether oxygens (including phenoxy) is 1. The van der Waals surface area contributed by atoms with Crippen molar-refractivity contribution in [2.45, 2.75) is 24.8 Å². The van der Waals surface area contributed by atoms with Crippen LogP contribution in [-0.2, 0) is 5.54 Å². The Bertz CT molecular complexity index is 699. The Hall–Kier alpha value is -2.20. The SMILES string of the molecule is COc1ccc(Cl)cc1NC(=O)NC1(c2ccccc2)CCC1. The molecule has 0 saturated heterocycles. The average Bonchev–Trinajstić information content (AvgIpc) is 2.52. The number of nitrogens with one attached hydrogen (secondary N) is 2. The van der Waals surface area contributed by atoms with E-state index in [1.807, 2.05) is 18.2 Å². The highest BCUT2D eigenvalue weighted by Gasteiger charge is 2.40. The maximum Gasteiger partial charge on any atom is 0.320 e. The predicted octanol–water partition coefficient (Wildman–Crippen LogP) is 4.55. The number of hydrogen-bond donors (Lipinski definition) is 2. The summed E-state index contributed by atoms with van der Waals surface area (Å²) in [5, 5.41) is 6.50. The smallest absolute Gasteiger partial charge is 0.320 e. The van der Waals surface area contributed by atoms with E-state index >= 15 is 0 Å². The van der Waals surface area contributed by atoms with Crippen molar-refractivity contribution in [2.24, 2.45) is 0 Å². The molecule has 5 heteroatoms. The van der Waals surface area contributed by atoms with Crippen LogP contribution in [0.4, 0.5) is 10.5 Å².